The molecule has 0 spiro atoms. The maximum Gasteiger partial charge on any atom is 0.191 e. The smallest absolute Gasteiger partial charge is 0.191 e. The first kappa shape index (κ1) is 18.0. The molecule has 0 heterocycles. The van der Waals surface area contributed by atoms with Gasteiger partial charge in [-0.3, -0.25) is 4.99 Å². The lowest BCUT2D eigenvalue weighted by atomic mass is 10.1. The van der Waals surface area contributed by atoms with Gasteiger partial charge in [0.2, 0.25) is 0 Å². The van der Waals surface area contributed by atoms with Crippen LogP contribution in [-0.2, 0) is 6.54 Å². The number of aryl methyl sites for hydroxylation is 1. The van der Waals surface area contributed by atoms with Crippen molar-refractivity contribution >= 4 is 17.7 Å². The van der Waals surface area contributed by atoms with Crippen molar-refractivity contribution in [1.82, 2.24) is 10.6 Å². The van der Waals surface area contributed by atoms with Gasteiger partial charge in [-0.1, -0.05) is 12.1 Å². The maximum absolute atomic E-state index is 5.59. The largest absolute Gasteiger partial charge is 0.494 e. The predicted octanol–water partition coefficient (Wildman–Crippen LogP) is 3.34. The Balaban J connectivity index is 1.85. The average molecular weight is 336 g/mol. The summed E-state index contributed by atoms with van der Waals surface area (Å²) in [6.07, 6.45) is 5.96. The highest BCUT2D eigenvalue weighted by Crippen LogP contribution is 2.28. The number of guanidine groups is 1. The van der Waals surface area contributed by atoms with Gasteiger partial charge in [0.15, 0.2) is 5.96 Å². The molecule has 1 saturated carbocycles. The number of ether oxygens (including phenoxy) is 1. The zero-order chi connectivity index (χ0) is 16.7. The fourth-order valence-electron chi connectivity index (χ4n) is 3.00. The van der Waals surface area contributed by atoms with Gasteiger partial charge in [-0.05, 0) is 56.6 Å². The highest BCUT2D eigenvalue weighted by Gasteiger charge is 2.24. The Hall–Kier alpha value is -1.36. The number of rotatable bonds is 6. The van der Waals surface area contributed by atoms with Crippen LogP contribution in [0.2, 0.25) is 0 Å². The predicted molar refractivity (Wildman–Crippen MR) is 101 cm³/mol. The van der Waals surface area contributed by atoms with E-state index in [1.165, 1.54) is 30.4 Å². The van der Waals surface area contributed by atoms with Crippen molar-refractivity contribution in [2.75, 3.05) is 19.9 Å². The van der Waals surface area contributed by atoms with E-state index in [1.54, 1.807) is 0 Å². The van der Waals surface area contributed by atoms with Gasteiger partial charge in [0.05, 0.1) is 6.61 Å². The molecule has 2 atom stereocenters. The molecule has 2 rings (SSSR count). The van der Waals surface area contributed by atoms with Gasteiger partial charge >= 0.3 is 0 Å². The Morgan fingerprint density at radius 2 is 2.22 bits per heavy atom. The van der Waals surface area contributed by atoms with Crippen molar-refractivity contribution in [3.8, 4) is 5.75 Å². The number of hydrogen-bond acceptors (Lipinski definition) is 3. The summed E-state index contributed by atoms with van der Waals surface area (Å²) in [5.41, 5.74) is 2.41. The van der Waals surface area contributed by atoms with E-state index in [9.17, 15) is 0 Å². The van der Waals surface area contributed by atoms with Crippen molar-refractivity contribution in [2.45, 2.75) is 50.9 Å². The van der Waals surface area contributed by atoms with E-state index in [4.69, 9.17) is 4.74 Å². The average Bonchev–Trinajstić information content (AvgIpc) is 3.01. The lowest BCUT2D eigenvalue weighted by Crippen LogP contribution is -2.42. The van der Waals surface area contributed by atoms with Gasteiger partial charge in [0.1, 0.15) is 5.75 Å². The lowest BCUT2D eigenvalue weighted by Gasteiger charge is -2.17. The van der Waals surface area contributed by atoms with E-state index in [1.807, 2.05) is 31.8 Å². The summed E-state index contributed by atoms with van der Waals surface area (Å²) in [6, 6.07) is 6.87. The molecule has 1 fully saturated rings. The van der Waals surface area contributed by atoms with Crippen LogP contribution in [0.5, 0.6) is 5.75 Å². The number of hydrogen-bond donors (Lipinski definition) is 2. The quantitative estimate of drug-likeness (QED) is 0.618. The van der Waals surface area contributed by atoms with E-state index in [0.717, 1.165) is 23.5 Å². The van der Waals surface area contributed by atoms with Gasteiger partial charge in [-0.25, -0.2) is 0 Å². The van der Waals surface area contributed by atoms with Crippen LogP contribution in [0, 0.1) is 6.92 Å². The first-order chi connectivity index (χ1) is 11.2. The first-order valence-corrected chi connectivity index (χ1v) is 9.67. The highest BCUT2D eigenvalue weighted by atomic mass is 32.2. The third-order valence-electron chi connectivity index (χ3n) is 4.28. The summed E-state index contributed by atoms with van der Waals surface area (Å²) in [6.45, 7) is 5.57. The number of thioether (sulfide) groups is 1. The van der Waals surface area contributed by atoms with Crippen LogP contribution in [0.4, 0.5) is 0 Å². The van der Waals surface area contributed by atoms with Crippen molar-refractivity contribution in [3.05, 3.63) is 29.3 Å². The molecule has 0 aliphatic heterocycles. The van der Waals surface area contributed by atoms with Crippen molar-refractivity contribution in [1.29, 1.82) is 0 Å². The second-order valence-corrected chi connectivity index (χ2v) is 7.11. The Bertz CT molecular complexity index is 533. The minimum absolute atomic E-state index is 0.542. The van der Waals surface area contributed by atoms with Crippen LogP contribution >= 0.6 is 11.8 Å². The molecule has 1 aromatic carbocycles. The summed E-state index contributed by atoms with van der Waals surface area (Å²) in [5.74, 6) is 1.86. The minimum atomic E-state index is 0.542. The molecule has 2 unspecified atom stereocenters. The van der Waals surface area contributed by atoms with Gasteiger partial charge < -0.3 is 15.4 Å². The number of nitrogens with one attached hydrogen (secondary N) is 2. The molecule has 2 N–H and O–H groups in total. The third kappa shape index (κ3) is 5.34. The van der Waals surface area contributed by atoms with Crippen LogP contribution < -0.4 is 15.4 Å². The van der Waals surface area contributed by atoms with E-state index in [2.05, 4.69) is 40.9 Å². The third-order valence-corrected chi connectivity index (χ3v) is 5.38. The standard InChI is InChI=1S/C18H29N3OS/c1-5-22-17-9-6-14(10-13(17)2)12-20-18(19-3)21-15-7-8-16(11-15)23-4/h6,9-10,15-16H,5,7-8,11-12H2,1-4H3,(H2,19,20,21). The molecule has 4 nitrogen and oxygen atoms in total. The molecule has 0 amide bonds. The Morgan fingerprint density at radius 1 is 1.39 bits per heavy atom. The van der Waals surface area contributed by atoms with Gasteiger partial charge in [-0.15, -0.1) is 0 Å². The monoisotopic (exact) mass is 335 g/mol. The van der Waals surface area contributed by atoms with Gasteiger partial charge in [0.25, 0.3) is 0 Å². The molecule has 1 aromatic rings. The molecule has 0 bridgehead atoms. The highest BCUT2D eigenvalue weighted by molar-refractivity contribution is 7.99. The van der Waals surface area contributed by atoms with Crippen LogP contribution in [0.1, 0.15) is 37.3 Å². The summed E-state index contributed by atoms with van der Waals surface area (Å²) in [4.78, 5) is 4.35. The van der Waals surface area contributed by atoms with Crippen molar-refractivity contribution in [3.63, 3.8) is 0 Å². The molecule has 1 aliphatic carbocycles. The summed E-state index contributed by atoms with van der Waals surface area (Å²) in [5, 5.41) is 7.75. The van der Waals surface area contributed by atoms with Crippen LogP contribution in [0.3, 0.4) is 0 Å². The van der Waals surface area contributed by atoms with Crippen molar-refractivity contribution in [2.24, 2.45) is 4.99 Å². The molecular weight excluding hydrogens is 306 g/mol. The second-order valence-electron chi connectivity index (χ2n) is 5.97. The van der Waals surface area contributed by atoms with Gasteiger partial charge in [-0.2, -0.15) is 11.8 Å². The zero-order valence-electron chi connectivity index (χ0n) is 14.7. The Morgan fingerprint density at radius 3 is 2.83 bits per heavy atom. The molecular formula is C18H29N3OS. The van der Waals surface area contributed by atoms with Gasteiger partial charge in [0, 0.05) is 24.9 Å². The number of aliphatic imine (C=N–C) groups is 1. The summed E-state index contributed by atoms with van der Waals surface area (Å²) < 4.78 is 5.59. The normalized spacial score (nSPS) is 21.3. The molecule has 1 aliphatic rings. The second kappa shape index (κ2) is 9.06. The molecule has 0 aromatic heterocycles. The molecule has 0 radical (unpaired) electrons. The summed E-state index contributed by atoms with van der Waals surface area (Å²) >= 11 is 1.98. The van der Waals surface area contributed by atoms with Crippen molar-refractivity contribution < 1.29 is 4.74 Å². The molecule has 128 valence electrons. The number of nitrogens with zero attached hydrogens (tertiary/aromatic N) is 1. The molecule has 5 heteroatoms. The summed E-state index contributed by atoms with van der Waals surface area (Å²) in [7, 11) is 1.83. The van der Waals surface area contributed by atoms with Crippen LogP contribution in [0.25, 0.3) is 0 Å². The topological polar surface area (TPSA) is 45.6 Å². The van der Waals surface area contributed by atoms with Crippen LogP contribution in [-0.4, -0.2) is 37.2 Å². The van der Waals surface area contributed by atoms with Crippen LogP contribution in [0.15, 0.2) is 23.2 Å². The maximum atomic E-state index is 5.59. The Kier molecular flexibility index (Phi) is 7.09. The lowest BCUT2D eigenvalue weighted by molar-refractivity contribution is 0.338. The first-order valence-electron chi connectivity index (χ1n) is 8.38. The van der Waals surface area contributed by atoms with E-state index in [0.29, 0.717) is 12.6 Å². The van der Waals surface area contributed by atoms with E-state index < -0.39 is 0 Å². The fourth-order valence-corrected chi connectivity index (χ4v) is 3.79. The van der Waals surface area contributed by atoms with E-state index in [-0.39, 0.29) is 0 Å². The SMILES string of the molecule is CCOc1ccc(CNC(=NC)NC2CCC(SC)C2)cc1C. The fraction of sp³-hybridized carbons (Fsp3) is 0.611. The Labute approximate surface area is 144 Å². The number of benzene rings is 1. The van der Waals surface area contributed by atoms with E-state index >= 15 is 0 Å². The molecule has 23 heavy (non-hydrogen) atoms. The molecule has 0 saturated heterocycles. The zero-order valence-corrected chi connectivity index (χ0v) is 15.5. The minimum Gasteiger partial charge on any atom is -0.494 e.